The van der Waals surface area contributed by atoms with Gasteiger partial charge in [-0.3, -0.25) is 4.79 Å². The third-order valence-electron chi connectivity index (χ3n) is 1.49. The fourth-order valence-electron chi connectivity index (χ4n) is 0.850. The number of nitrogens with one attached hydrogen (secondary N) is 1. The third kappa shape index (κ3) is 2.54. The van der Waals surface area contributed by atoms with Crippen LogP contribution in [0.5, 0.6) is 0 Å². The molecule has 0 radical (unpaired) electrons. The Bertz CT molecular complexity index is 413. The van der Waals surface area contributed by atoms with Crippen molar-refractivity contribution in [1.29, 1.82) is 0 Å². The molecule has 0 aromatic heterocycles. The molecule has 0 aliphatic carbocycles. The highest BCUT2D eigenvalue weighted by molar-refractivity contribution is 7.90. The molecule has 0 heterocycles. The summed E-state index contributed by atoms with van der Waals surface area (Å²) >= 11 is 0. The summed E-state index contributed by atoms with van der Waals surface area (Å²) in [6, 6.07) is 7.62. The molecular weight excluding hydrogens is 204 g/mol. The van der Waals surface area contributed by atoms with E-state index in [4.69, 9.17) is 5.73 Å². The second-order valence-electron chi connectivity index (χ2n) is 2.55. The summed E-state index contributed by atoms with van der Waals surface area (Å²) in [6.45, 7) is -0.355. The number of hydrogen-bond donors (Lipinski definition) is 2. The van der Waals surface area contributed by atoms with Gasteiger partial charge < -0.3 is 5.73 Å². The van der Waals surface area contributed by atoms with Crippen molar-refractivity contribution < 1.29 is 13.2 Å². The fourth-order valence-corrected chi connectivity index (χ4v) is 1.87. The summed E-state index contributed by atoms with van der Waals surface area (Å²) in [5.41, 5.74) is 4.98. The van der Waals surface area contributed by atoms with Gasteiger partial charge in [-0.25, -0.2) is 13.1 Å². The Labute approximate surface area is 82.0 Å². The van der Waals surface area contributed by atoms with E-state index in [-0.39, 0.29) is 11.4 Å². The van der Waals surface area contributed by atoms with Crippen LogP contribution in [0.3, 0.4) is 0 Å². The molecule has 0 spiro atoms. The zero-order valence-electron chi connectivity index (χ0n) is 7.30. The van der Waals surface area contributed by atoms with Gasteiger partial charge in [0.25, 0.3) is 10.0 Å². The molecule has 0 fully saturated rings. The zero-order valence-corrected chi connectivity index (χ0v) is 8.12. The molecule has 0 aliphatic heterocycles. The standard InChI is InChI=1S/C8H10N2O3S/c9-6-8(11)10-14(12,13)7-4-2-1-3-5-7/h1-5H,6,9H2,(H,10,11). The molecule has 1 rings (SSSR count). The van der Waals surface area contributed by atoms with Crippen LogP contribution >= 0.6 is 0 Å². The van der Waals surface area contributed by atoms with E-state index in [0.29, 0.717) is 0 Å². The van der Waals surface area contributed by atoms with Crippen LogP contribution in [0.2, 0.25) is 0 Å². The van der Waals surface area contributed by atoms with Crippen LogP contribution in [0.4, 0.5) is 0 Å². The van der Waals surface area contributed by atoms with Crippen molar-refractivity contribution in [2.24, 2.45) is 5.73 Å². The largest absolute Gasteiger partial charge is 0.322 e. The van der Waals surface area contributed by atoms with Crippen LogP contribution in [0.1, 0.15) is 0 Å². The highest BCUT2D eigenvalue weighted by Crippen LogP contribution is 2.06. The quantitative estimate of drug-likeness (QED) is 0.706. The number of amides is 1. The van der Waals surface area contributed by atoms with Gasteiger partial charge in [0, 0.05) is 0 Å². The van der Waals surface area contributed by atoms with E-state index >= 15 is 0 Å². The Morgan fingerprint density at radius 2 is 1.86 bits per heavy atom. The maximum Gasteiger partial charge on any atom is 0.264 e. The van der Waals surface area contributed by atoms with Gasteiger partial charge in [0.2, 0.25) is 5.91 Å². The molecule has 0 bridgehead atoms. The van der Waals surface area contributed by atoms with E-state index in [9.17, 15) is 13.2 Å². The predicted molar refractivity (Wildman–Crippen MR) is 50.8 cm³/mol. The summed E-state index contributed by atoms with van der Waals surface area (Å²) in [5.74, 6) is -0.728. The summed E-state index contributed by atoms with van der Waals surface area (Å²) in [7, 11) is -3.75. The van der Waals surface area contributed by atoms with E-state index in [1.54, 1.807) is 18.2 Å². The fraction of sp³-hybridized carbons (Fsp3) is 0.125. The van der Waals surface area contributed by atoms with Crippen molar-refractivity contribution in [3.8, 4) is 0 Å². The van der Waals surface area contributed by atoms with Gasteiger partial charge in [0.1, 0.15) is 0 Å². The number of nitrogens with two attached hydrogens (primary N) is 1. The van der Waals surface area contributed by atoms with E-state index in [1.807, 2.05) is 4.72 Å². The van der Waals surface area contributed by atoms with Crippen molar-refractivity contribution in [3.05, 3.63) is 30.3 Å². The molecule has 0 aliphatic rings. The maximum absolute atomic E-state index is 11.4. The minimum absolute atomic E-state index is 0.0433. The molecule has 0 unspecified atom stereocenters. The smallest absolute Gasteiger partial charge is 0.264 e. The molecule has 76 valence electrons. The van der Waals surface area contributed by atoms with E-state index < -0.39 is 15.9 Å². The molecule has 0 saturated carbocycles. The highest BCUT2D eigenvalue weighted by atomic mass is 32.2. The van der Waals surface area contributed by atoms with Crippen molar-refractivity contribution in [3.63, 3.8) is 0 Å². The lowest BCUT2D eigenvalue weighted by Gasteiger charge is -2.04. The number of rotatable bonds is 3. The Morgan fingerprint density at radius 3 is 2.36 bits per heavy atom. The van der Waals surface area contributed by atoms with Crippen LogP contribution in [0.25, 0.3) is 0 Å². The SMILES string of the molecule is NCC(=O)NS(=O)(=O)c1ccccc1. The van der Waals surface area contributed by atoms with Gasteiger partial charge in [-0.15, -0.1) is 0 Å². The third-order valence-corrected chi connectivity index (χ3v) is 2.88. The van der Waals surface area contributed by atoms with Gasteiger partial charge in [0.15, 0.2) is 0 Å². The van der Waals surface area contributed by atoms with Gasteiger partial charge in [0.05, 0.1) is 11.4 Å². The highest BCUT2D eigenvalue weighted by Gasteiger charge is 2.15. The van der Waals surface area contributed by atoms with E-state index in [1.165, 1.54) is 12.1 Å². The van der Waals surface area contributed by atoms with Crippen LogP contribution in [0, 0.1) is 0 Å². The lowest BCUT2D eigenvalue weighted by molar-refractivity contribution is -0.118. The van der Waals surface area contributed by atoms with Gasteiger partial charge in [-0.05, 0) is 12.1 Å². The molecule has 3 N–H and O–H groups in total. The van der Waals surface area contributed by atoms with Crippen LogP contribution in [-0.2, 0) is 14.8 Å². The first kappa shape index (κ1) is 10.7. The summed E-state index contributed by atoms with van der Waals surface area (Å²) in [5, 5.41) is 0. The topological polar surface area (TPSA) is 89.3 Å². The number of sulfonamides is 1. The van der Waals surface area contributed by atoms with Crippen LogP contribution in [-0.4, -0.2) is 20.9 Å². The maximum atomic E-state index is 11.4. The lowest BCUT2D eigenvalue weighted by atomic mass is 10.4. The lowest BCUT2D eigenvalue weighted by Crippen LogP contribution is -2.35. The predicted octanol–water partition coefficient (Wildman–Crippen LogP) is -0.550. The van der Waals surface area contributed by atoms with E-state index in [2.05, 4.69) is 0 Å². The van der Waals surface area contributed by atoms with Gasteiger partial charge >= 0.3 is 0 Å². The Kier molecular flexibility index (Phi) is 3.21. The Morgan fingerprint density at radius 1 is 1.29 bits per heavy atom. The number of carbonyl (C=O) groups excluding carboxylic acids is 1. The Balaban J connectivity index is 2.93. The first-order chi connectivity index (χ1) is 6.56. The van der Waals surface area contributed by atoms with Gasteiger partial charge in [-0.1, -0.05) is 18.2 Å². The first-order valence-corrected chi connectivity index (χ1v) is 5.35. The second kappa shape index (κ2) is 4.21. The molecule has 0 saturated heterocycles. The van der Waals surface area contributed by atoms with Crippen molar-refractivity contribution in [2.45, 2.75) is 4.90 Å². The molecule has 1 aromatic carbocycles. The van der Waals surface area contributed by atoms with Crippen LogP contribution in [0.15, 0.2) is 35.2 Å². The second-order valence-corrected chi connectivity index (χ2v) is 4.23. The number of carbonyl (C=O) groups is 1. The number of hydrogen-bond acceptors (Lipinski definition) is 4. The normalized spacial score (nSPS) is 10.9. The molecule has 14 heavy (non-hydrogen) atoms. The van der Waals surface area contributed by atoms with Crippen molar-refractivity contribution in [1.82, 2.24) is 4.72 Å². The monoisotopic (exact) mass is 214 g/mol. The molecule has 1 aromatic rings. The summed E-state index contributed by atoms with van der Waals surface area (Å²) in [6.07, 6.45) is 0. The summed E-state index contributed by atoms with van der Waals surface area (Å²) in [4.78, 5) is 10.8. The minimum atomic E-state index is -3.75. The first-order valence-electron chi connectivity index (χ1n) is 3.87. The van der Waals surface area contributed by atoms with E-state index in [0.717, 1.165) is 0 Å². The van der Waals surface area contributed by atoms with Gasteiger partial charge in [-0.2, -0.15) is 0 Å². The molecule has 6 heteroatoms. The number of benzene rings is 1. The van der Waals surface area contributed by atoms with Crippen molar-refractivity contribution in [2.75, 3.05) is 6.54 Å². The molecule has 1 amide bonds. The Hall–Kier alpha value is -1.40. The zero-order chi connectivity index (χ0) is 10.6. The van der Waals surface area contributed by atoms with Crippen molar-refractivity contribution >= 4 is 15.9 Å². The average molecular weight is 214 g/mol. The molecule has 0 atom stereocenters. The summed E-state index contributed by atoms with van der Waals surface area (Å²) < 4.78 is 24.7. The minimum Gasteiger partial charge on any atom is -0.322 e. The molecular formula is C8H10N2O3S. The van der Waals surface area contributed by atoms with Crippen LogP contribution < -0.4 is 10.5 Å². The average Bonchev–Trinajstić information content (AvgIpc) is 2.18. The molecule has 5 nitrogen and oxygen atoms in total.